The van der Waals surface area contributed by atoms with E-state index in [2.05, 4.69) is 10.4 Å². The zero-order chi connectivity index (χ0) is 20.0. The Kier molecular flexibility index (Phi) is 8.41. The van der Waals surface area contributed by atoms with E-state index in [1.165, 1.54) is 11.4 Å². The number of aliphatic hydroxyl groups is 1. The summed E-state index contributed by atoms with van der Waals surface area (Å²) in [5, 5.41) is 19.9. The van der Waals surface area contributed by atoms with Gasteiger partial charge in [-0.15, -0.1) is 5.10 Å². The Morgan fingerprint density at radius 2 is 2.00 bits per heavy atom. The number of carbonyl (C=O) groups is 2. The van der Waals surface area contributed by atoms with Crippen molar-refractivity contribution in [2.45, 2.75) is 64.5 Å². The number of amidine groups is 1. The molecule has 1 heterocycles. The maximum Gasteiger partial charge on any atom is 0.273 e. The molecule has 0 radical (unpaired) electrons. The standard InChI is InChI=1S/C19H34N4O3S/c1-13(2)12-15(20-17(25)14-8-6-5-7-9-14)16(24)18(26)23(4)21-19-22(3)10-11-27-19/h13-16,24H,5-12H2,1-4H3,(H,20,25)/b21-19-. The minimum atomic E-state index is -1.30. The summed E-state index contributed by atoms with van der Waals surface area (Å²) in [5.41, 5.74) is 0. The van der Waals surface area contributed by atoms with E-state index in [0.29, 0.717) is 6.42 Å². The third kappa shape index (κ3) is 6.38. The molecule has 2 atom stereocenters. The van der Waals surface area contributed by atoms with Crippen molar-refractivity contribution in [3.05, 3.63) is 0 Å². The van der Waals surface area contributed by atoms with Crippen molar-refractivity contribution >= 4 is 28.7 Å². The summed E-state index contributed by atoms with van der Waals surface area (Å²) in [5.74, 6) is 0.660. The van der Waals surface area contributed by atoms with Crippen LogP contribution in [0.2, 0.25) is 0 Å². The molecule has 27 heavy (non-hydrogen) atoms. The molecule has 2 fully saturated rings. The third-order valence-electron chi connectivity index (χ3n) is 5.20. The van der Waals surface area contributed by atoms with E-state index in [1.54, 1.807) is 18.8 Å². The molecule has 1 aliphatic carbocycles. The largest absolute Gasteiger partial charge is 0.381 e. The quantitative estimate of drug-likeness (QED) is 0.640. The molecule has 0 aromatic heterocycles. The second kappa shape index (κ2) is 10.3. The van der Waals surface area contributed by atoms with Crippen molar-refractivity contribution in [1.82, 2.24) is 15.2 Å². The highest BCUT2D eigenvalue weighted by Crippen LogP contribution is 2.24. The van der Waals surface area contributed by atoms with Crippen molar-refractivity contribution in [1.29, 1.82) is 0 Å². The van der Waals surface area contributed by atoms with Gasteiger partial charge in [0.1, 0.15) is 0 Å². The van der Waals surface area contributed by atoms with E-state index in [0.717, 1.165) is 43.1 Å². The molecule has 2 amide bonds. The maximum absolute atomic E-state index is 12.7. The first-order valence-electron chi connectivity index (χ1n) is 9.98. The second-order valence-electron chi connectivity index (χ2n) is 8.04. The average Bonchev–Trinajstić information content (AvgIpc) is 3.04. The molecule has 2 unspecified atom stereocenters. The lowest BCUT2D eigenvalue weighted by molar-refractivity contribution is -0.141. The summed E-state index contributed by atoms with van der Waals surface area (Å²) >= 11 is 1.59. The molecule has 8 heteroatoms. The number of hydrogen-bond donors (Lipinski definition) is 2. The van der Waals surface area contributed by atoms with Crippen molar-refractivity contribution in [2.75, 3.05) is 26.4 Å². The monoisotopic (exact) mass is 398 g/mol. The van der Waals surface area contributed by atoms with Crippen LogP contribution in [-0.2, 0) is 9.59 Å². The Labute approximate surface area is 166 Å². The van der Waals surface area contributed by atoms with Crippen LogP contribution in [0, 0.1) is 11.8 Å². The van der Waals surface area contributed by atoms with Gasteiger partial charge in [0, 0.05) is 32.3 Å². The number of rotatable bonds is 7. The van der Waals surface area contributed by atoms with Crippen LogP contribution in [0.5, 0.6) is 0 Å². The number of hydrogen-bond acceptors (Lipinski definition) is 5. The molecule has 2 N–H and O–H groups in total. The number of aliphatic hydroxyl groups excluding tert-OH is 1. The first-order valence-corrected chi connectivity index (χ1v) is 11.0. The van der Waals surface area contributed by atoms with E-state index in [9.17, 15) is 14.7 Å². The Bertz CT molecular complexity index is 549. The maximum atomic E-state index is 12.7. The van der Waals surface area contributed by atoms with Crippen LogP contribution < -0.4 is 5.32 Å². The highest BCUT2D eigenvalue weighted by atomic mass is 32.2. The zero-order valence-corrected chi connectivity index (χ0v) is 17.8. The highest BCUT2D eigenvalue weighted by Gasteiger charge is 2.33. The van der Waals surface area contributed by atoms with Crippen molar-refractivity contribution in [3.63, 3.8) is 0 Å². The summed E-state index contributed by atoms with van der Waals surface area (Å²) in [6.07, 6.45) is 4.34. The van der Waals surface area contributed by atoms with Gasteiger partial charge in [0.2, 0.25) is 5.91 Å². The third-order valence-corrected chi connectivity index (χ3v) is 6.24. The number of thioether (sulfide) groups is 1. The van der Waals surface area contributed by atoms with E-state index in [4.69, 9.17) is 0 Å². The molecule has 7 nitrogen and oxygen atoms in total. The predicted octanol–water partition coefficient (Wildman–Crippen LogP) is 1.87. The number of nitrogens with zero attached hydrogens (tertiary/aromatic N) is 3. The Balaban J connectivity index is 2.02. The van der Waals surface area contributed by atoms with Gasteiger partial charge in [-0.3, -0.25) is 9.59 Å². The highest BCUT2D eigenvalue weighted by molar-refractivity contribution is 8.14. The first-order chi connectivity index (χ1) is 12.8. The van der Waals surface area contributed by atoms with E-state index in [1.807, 2.05) is 25.8 Å². The van der Waals surface area contributed by atoms with Gasteiger partial charge in [0.15, 0.2) is 11.3 Å². The number of nitrogens with one attached hydrogen (secondary N) is 1. The molecule has 0 spiro atoms. The number of carbonyl (C=O) groups excluding carboxylic acids is 2. The van der Waals surface area contributed by atoms with Gasteiger partial charge in [-0.1, -0.05) is 44.9 Å². The topological polar surface area (TPSA) is 85.2 Å². The molecule has 0 bridgehead atoms. The molecule has 0 aromatic carbocycles. The van der Waals surface area contributed by atoms with Gasteiger partial charge in [0.25, 0.3) is 5.91 Å². The normalized spacial score (nSPS) is 22.1. The van der Waals surface area contributed by atoms with Gasteiger partial charge < -0.3 is 15.3 Å². The van der Waals surface area contributed by atoms with Gasteiger partial charge >= 0.3 is 0 Å². The fraction of sp³-hybridized carbons (Fsp3) is 0.842. The number of likely N-dealkylation sites (N-methyl/N-ethyl adjacent to an activating group) is 1. The lowest BCUT2D eigenvalue weighted by Crippen LogP contribution is -2.52. The molecule has 2 rings (SSSR count). The van der Waals surface area contributed by atoms with E-state index < -0.39 is 18.1 Å². The summed E-state index contributed by atoms with van der Waals surface area (Å²) in [7, 11) is 3.49. The summed E-state index contributed by atoms with van der Waals surface area (Å²) in [6.45, 7) is 4.93. The van der Waals surface area contributed by atoms with E-state index >= 15 is 0 Å². The molecular weight excluding hydrogens is 364 g/mol. The Morgan fingerprint density at radius 3 is 2.56 bits per heavy atom. The van der Waals surface area contributed by atoms with Gasteiger partial charge in [-0.2, -0.15) is 0 Å². The van der Waals surface area contributed by atoms with Gasteiger partial charge in [-0.05, 0) is 25.2 Å². The van der Waals surface area contributed by atoms with Crippen molar-refractivity contribution in [3.8, 4) is 0 Å². The van der Waals surface area contributed by atoms with Crippen molar-refractivity contribution < 1.29 is 14.7 Å². The molecule has 0 aromatic rings. The van der Waals surface area contributed by atoms with Crippen LogP contribution in [0.3, 0.4) is 0 Å². The van der Waals surface area contributed by atoms with Crippen LogP contribution in [0.4, 0.5) is 0 Å². The minimum absolute atomic E-state index is 0.00257. The average molecular weight is 399 g/mol. The Hall–Kier alpha value is -1.28. The van der Waals surface area contributed by atoms with E-state index in [-0.39, 0.29) is 17.7 Å². The lowest BCUT2D eigenvalue weighted by atomic mass is 9.88. The van der Waals surface area contributed by atoms with Crippen LogP contribution >= 0.6 is 11.8 Å². The SMILES string of the molecule is CC(C)CC(NC(=O)C1CCCCC1)C(O)C(=O)N(C)/N=C1\SCCN1C. The molecule has 1 saturated heterocycles. The van der Waals surface area contributed by atoms with Crippen LogP contribution in [0.25, 0.3) is 0 Å². The number of amides is 2. The fourth-order valence-corrected chi connectivity index (χ4v) is 4.61. The number of hydrazone groups is 1. The summed E-state index contributed by atoms with van der Waals surface area (Å²) < 4.78 is 0. The summed E-state index contributed by atoms with van der Waals surface area (Å²) in [4.78, 5) is 27.3. The van der Waals surface area contributed by atoms with Crippen LogP contribution in [0.1, 0.15) is 52.4 Å². The van der Waals surface area contributed by atoms with Crippen molar-refractivity contribution in [2.24, 2.45) is 16.9 Å². The molecule has 2 aliphatic rings. The molecule has 1 aliphatic heterocycles. The van der Waals surface area contributed by atoms with Crippen LogP contribution in [-0.4, -0.2) is 70.5 Å². The molecular formula is C19H34N4O3S. The smallest absolute Gasteiger partial charge is 0.273 e. The zero-order valence-electron chi connectivity index (χ0n) is 17.0. The summed E-state index contributed by atoms with van der Waals surface area (Å²) in [6, 6.07) is -0.594. The van der Waals surface area contributed by atoms with Gasteiger partial charge in [-0.25, -0.2) is 5.01 Å². The molecule has 154 valence electrons. The van der Waals surface area contributed by atoms with Gasteiger partial charge in [0.05, 0.1) is 6.04 Å². The van der Waals surface area contributed by atoms with Crippen LogP contribution in [0.15, 0.2) is 5.10 Å². The minimum Gasteiger partial charge on any atom is -0.381 e. The Morgan fingerprint density at radius 1 is 1.33 bits per heavy atom. The lowest BCUT2D eigenvalue weighted by Gasteiger charge is -2.29. The second-order valence-corrected chi connectivity index (χ2v) is 9.10. The predicted molar refractivity (Wildman–Crippen MR) is 109 cm³/mol. The first kappa shape index (κ1) is 22.0. The fourth-order valence-electron chi connectivity index (χ4n) is 3.57. The molecule has 1 saturated carbocycles.